The quantitative estimate of drug-likeness (QED) is 0.623. The van der Waals surface area contributed by atoms with Gasteiger partial charge in [0.15, 0.2) is 0 Å². The van der Waals surface area contributed by atoms with Gasteiger partial charge in [-0.25, -0.2) is 9.97 Å². The number of aromatic nitrogens is 3. The van der Waals surface area contributed by atoms with Gasteiger partial charge in [-0.3, -0.25) is 0 Å². The second-order valence-electron chi connectivity index (χ2n) is 9.69. The standard InChI is InChI=1S/C25H30N4O3/c26-23-22-21(13-29(24(22)28-15-27-23)17-4-6-18(30)7-5-17)16-2-1-3-20(12-16)31-14-25-10-8-19(32-25)9-11-25/h1-3,12-13,15,17-19,30H,4-11,14H2,(H2,26,27,28)/t17-,18-,19?,25?. The predicted molar refractivity (Wildman–Crippen MR) is 122 cm³/mol. The van der Waals surface area contributed by atoms with Crippen LogP contribution in [-0.2, 0) is 4.74 Å². The molecule has 7 heteroatoms. The highest BCUT2D eigenvalue weighted by atomic mass is 16.6. The van der Waals surface area contributed by atoms with Crippen molar-refractivity contribution < 1.29 is 14.6 Å². The maximum absolute atomic E-state index is 9.94. The second kappa shape index (κ2) is 7.74. The molecule has 1 saturated carbocycles. The lowest BCUT2D eigenvalue weighted by Crippen LogP contribution is -2.32. The van der Waals surface area contributed by atoms with Crippen LogP contribution in [0, 0.1) is 0 Å². The number of ether oxygens (including phenoxy) is 2. The van der Waals surface area contributed by atoms with Gasteiger partial charge >= 0.3 is 0 Å². The molecule has 2 aromatic heterocycles. The second-order valence-corrected chi connectivity index (χ2v) is 9.69. The monoisotopic (exact) mass is 434 g/mol. The molecule has 3 aromatic rings. The zero-order valence-corrected chi connectivity index (χ0v) is 18.2. The molecule has 6 rings (SSSR count). The maximum Gasteiger partial charge on any atom is 0.146 e. The number of aliphatic hydroxyl groups is 1. The Hall–Kier alpha value is -2.64. The summed E-state index contributed by atoms with van der Waals surface area (Å²) in [5.74, 6) is 1.33. The van der Waals surface area contributed by atoms with Crippen molar-refractivity contribution >= 4 is 16.9 Å². The van der Waals surface area contributed by atoms with Gasteiger partial charge in [-0.1, -0.05) is 12.1 Å². The first-order valence-electron chi connectivity index (χ1n) is 11.8. The molecule has 3 fully saturated rings. The van der Waals surface area contributed by atoms with Gasteiger partial charge in [0, 0.05) is 17.8 Å². The molecule has 2 aliphatic heterocycles. The van der Waals surface area contributed by atoms with Crippen molar-refractivity contribution in [3.63, 3.8) is 0 Å². The number of nitrogens with two attached hydrogens (primary N) is 1. The minimum Gasteiger partial charge on any atom is -0.491 e. The summed E-state index contributed by atoms with van der Waals surface area (Å²) in [5, 5.41) is 10.8. The van der Waals surface area contributed by atoms with E-state index in [1.54, 1.807) is 0 Å². The molecule has 0 spiro atoms. The first-order chi connectivity index (χ1) is 15.6. The summed E-state index contributed by atoms with van der Waals surface area (Å²) in [5.41, 5.74) is 9.15. The van der Waals surface area contributed by atoms with E-state index >= 15 is 0 Å². The van der Waals surface area contributed by atoms with Crippen molar-refractivity contribution in [3.8, 4) is 16.9 Å². The molecule has 2 bridgehead atoms. The average Bonchev–Trinajstić information content (AvgIpc) is 3.53. The van der Waals surface area contributed by atoms with Crippen LogP contribution in [0.4, 0.5) is 5.82 Å². The van der Waals surface area contributed by atoms with Crippen molar-refractivity contribution in [3.05, 3.63) is 36.8 Å². The molecule has 0 radical (unpaired) electrons. The minimum atomic E-state index is -0.195. The molecule has 3 aliphatic rings. The summed E-state index contributed by atoms with van der Waals surface area (Å²) in [6, 6.07) is 8.49. The maximum atomic E-state index is 9.94. The molecule has 32 heavy (non-hydrogen) atoms. The number of aliphatic hydroxyl groups excluding tert-OH is 1. The number of rotatable bonds is 5. The Labute approximate surface area is 187 Å². The van der Waals surface area contributed by atoms with Crippen LogP contribution < -0.4 is 10.5 Å². The zero-order chi connectivity index (χ0) is 21.7. The van der Waals surface area contributed by atoms with Crippen LogP contribution in [0.15, 0.2) is 36.8 Å². The molecule has 7 nitrogen and oxygen atoms in total. The van der Waals surface area contributed by atoms with E-state index < -0.39 is 0 Å². The number of hydrogen-bond acceptors (Lipinski definition) is 6. The van der Waals surface area contributed by atoms with Gasteiger partial charge in [0.05, 0.1) is 17.6 Å². The highest BCUT2D eigenvalue weighted by molar-refractivity contribution is 6.00. The number of hydrogen-bond donors (Lipinski definition) is 2. The first kappa shape index (κ1) is 20.0. The fourth-order valence-electron chi connectivity index (χ4n) is 5.80. The van der Waals surface area contributed by atoms with E-state index in [1.165, 1.54) is 6.33 Å². The van der Waals surface area contributed by atoms with E-state index in [1.807, 2.05) is 12.1 Å². The number of fused-ring (bicyclic) bond motifs is 3. The highest BCUT2D eigenvalue weighted by Crippen LogP contribution is 2.44. The SMILES string of the molecule is Nc1ncnc2c1c(-c1cccc(OCC34CCC(CC3)O4)c1)cn2[C@H]1CC[C@H](O)CC1. The van der Waals surface area contributed by atoms with Crippen molar-refractivity contribution in [2.75, 3.05) is 12.3 Å². The number of anilines is 1. The molecule has 0 atom stereocenters. The van der Waals surface area contributed by atoms with Gasteiger partial charge in [-0.15, -0.1) is 0 Å². The fraction of sp³-hybridized carbons (Fsp3) is 0.520. The zero-order valence-electron chi connectivity index (χ0n) is 18.2. The van der Waals surface area contributed by atoms with Crippen molar-refractivity contribution in [1.29, 1.82) is 0 Å². The Morgan fingerprint density at radius 2 is 1.94 bits per heavy atom. The number of nitrogens with zero attached hydrogens (tertiary/aromatic N) is 3. The molecule has 0 unspecified atom stereocenters. The van der Waals surface area contributed by atoms with E-state index in [0.29, 0.717) is 24.6 Å². The molecule has 168 valence electrons. The number of nitrogen functional groups attached to an aromatic ring is 1. The van der Waals surface area contributed by atoms with Crippen LogP contribution >= 0.6 is 0 Å². The molecular formula is C25H30N4O3. The van der Waals surface area contributed by atoms with Crippen LogP contribution in [0.5, 0.6) is 5.75 Å². The van der Waals surface area contributed by atoms with Crippen LogP contribution in [-0.4, -0.2) is 44.1 Å². The van der Waals surface area contributed by atoms with Gasteiger partial charge in [0.1, 0.15) is 35.7 Å². The Balaban J connectivity index is 1.32. The van der Waals surface area contributed by atoms with Gasteiger partial charge < -0.3 is 24.9 Å². The van der Waals surface area contributed by atoms with E-state index in [-0.39, 0.29) is 11.7 Å². The summed E-state index contributed by atoms with van der Waals surface area (Å²) in [6.45, 7) is 0.602. The van der Waals surface area contributed by atoms with E-state index in [4.69, 9.17) is 15.2 Å². The topological polar surface area (TPSA) is 95.4 Å². The van der Waals surface area contributed by atoms with Crippen LogP contribution in [0.3, 0.4) is 0 Å². The van der Waals surface area contributed by atoms with Crippen LogP contribution in [0.1, 0.15) is 57.4 Å². The van der Waals surface area contributed by atoms with Gasteiger partial charge in [-0.2, -0.15) is 0 Å². The summed E-state index contributed by atoms with van der Waals surface area (Å²) >= 11 is 0. The Kier molecular flexibility index (Phi) is 4.84. The van der Waals surface area contributed by atoms with Crippen molar-refractivity contribution in [1.82, 2.24) is 14.5 Å². The fourth-order valence-corrected chi connectivity index (χ4v) is 5.80. The van der Waals surface area contributed by atoms with E-state index in [9.17, 15) is 5.11 Å². The minimum absolute atomic E-state index is 0.0967. The van der Waals surface area contributed by atoms with Crippen molar-refractivity contribution in [2.45, 2.75) is 75.2 Å². The highest BCUT2D eigenvalue weighted by Gasteiger charge is 2.46. The Morgan fingerprint density at radius 1 is 1.12 bits per heavy atom. The molecule has 1 aliphatic carbocycles. The van der Waals surface area contributed by atoms with Gasteiger partial charge in [0.25, 0.3) is 0 Å². The first-order valence-corrected chi connectivity index (χ1v) is 11.8. The third-order valence-electron chi connectivity index (χ3n) is 7.61. The molecular weight excluding hydrogens is 404 g/mol. The third kappa shape index (κ3) is 3.44. The van der Waals surface area contributed by atoms with Crippen LogP contribution in [0.2, 0.25) is 0 Å². The van der Waals surface area contributed by atoms with Gasteiger partial charge in [0.2, 0.25) is 0 Å². The lowest BCUT2D eigenvalue weighted by Gasteiger charge is -2.27. The molecule has 3 N–H and O–H groups in total. The van der Waals surface area contributed by atoms with E-state index in [2.05, 4.69) is 32.9 Å². The summed E-state index contributed by atoms with van der Waals surface area (Å²) in [6.07, 6.45) is 11.9. The van der Waals surface area contributed by atoms with E-state index in [0.717, 1.165) is 79.3 Å². The summed E-state index contributed by atoms with van der Waals surface area (Å²) < 4.78 is 14.6. The average molecular weight is 435 g/mol. The smallest absolute Gasteiger partial charge is 0.146 e. The lowest BCUT2D eigenvalue weighted by molar-refractivity contribution is -0.0198. The molecule has 1 aromatic carbocycles. The third-order valence-corrected chi connectivity index (χ3v) is 7.61. The largest absolute Gasteiger partial charge is 0.491 e. The lowest BCUT2D eigenvalue weighted by atomic mass is 9.89. The predicted octanol–water partition coefficient (Wildman–Crippen LogP) is 4.25. The van der Waals surface area contributed by atoms with Crippen molar-refractivity contribution in [2.24, 2.45) is 0 Å². The molecule has 4 heterocycles. The number of benzene rings is 1. The molecule has 0 amide bonds. The summed E-state index contributed by atoms with van der Waals surface area (Å²) in [7, 11) is 0. The molecule has 2 saturated heterocycles. The summed E-state index contributed by atoms with van der Waals surface area (Å²) in [4.78, 5) is 8.85. The van der Waals surface area contributed by atoms with Gasteiger partial charge in [-0.05, 0) is 69.1 Å². The normalized spacial score (nSPS) is 29.6. The van der Waals surface area contributed by atoms with Crippen LogP contribution in [0.25, 0.3) is 22.2 Å². The Morgan fingerprint density at radius 3 is 2.69 bits per heavy atom. The Bertz CT molecular complexity index is 1130.